The standard InChI is InChI=1S/C13H18N2O2S2/c1-9(2)19(16,17)15-13-11(8-14)10-6-4-3-5-7-12(10)18-13/h9,15H,3-7H2,1-2H3. The van der Waals surface area contributed by atoms with E-state index >= 15 is 0 Å². The van der Waals surface area contributed by atoms with Crippen molar-refractivity contribution in [1.82, 2.24) is 0 Å². The summed E-state index contributed by atoms with van der Waals surface area (Å²) in [5, 5.41) is 9.32. The zero-order chi connectivity index (χ0) is 14.0. The molecule has 0 radical (unpaired) electrons. The summed E-state index contributed by atoms with van der Waals surface area (Å²) < 4.78 is 26.5. The third-order valence-corrected chi connectivity index (χ3v) is 6.45. The number of nitrogens with zero attached hydrogens (tertiary/aromatic N) is 1. The second-order valence-electron chi connectivity index (χ2n) is 5.08. The molecule has 0 unspecified atom stereocenters. The van der Waals surface area contributed by atoms with E-state index in [-0.39, 0.29) is 0 Å². The van der Waals surface area contributed by atoms with Crippen molar-refractivity contribution in [2.75, 3.05) is 4.72 Å². The van der Waals surface area contributed by atoms with Crippen molar-refractivity contribution in [3.63, 3.8) is 0 Å². The Morgan fingerprint density at radius 3 is 2.58 bits per heavy atom. The zero-order valence-electron chi connectivity index (χ0n) is 11.2. The highest BCUT2D eigenvalue weighted by Gasteiger charge is 2.24. The molecule has 0 spiro atoms. The van der Waals surface area contributed by atoms with Gasteiger partial charge in [0, 0.05) is 4.88 Å². The van der Waals surface area contributed by atoms with Crippen molar-refractivity contribution in [2.24, 2.45) is 0 Å². The molecule has 1 N–H and O–H groups in total. The molecule has 1 aliphatic carbocycles. The van der Waals surface area contributed by atoms with Crippen molar-refractivity contribution in [2.45, 2.75) is 51.2 Å². The Morgan fingerprint density at radius 1 is 1.26 bits per heavy atom. The first-order valence-corrected chi connectivity index (χ1v) is 8.88. The Hall–Kier alpha value is -1.06. The molecule has 104 valence electrons. The van der Waals surface area contributed by atoms with Gasteiger partial charge < -0.3 is 0 Å². The minimum atomic E-state index is -3.38. The van der Waals surface area contributed by atoms with E-state index in [2.05, 4.69) is 10.8 Å². The van der Waals surface area contributed by atoms with Crippen LogP contribution in [0.15, 0.2) is 0 Å². The fourth-order valence-electron chi connectivity index (χ4n) is 2.18. The third-order valence-electron chi connectivity index (χ3n) is 3.39. The van der Waals surface area contributed by atoms with E-state index in [1.54, 1.807) is 13.8 Å². The number of sulfonamides is 1. The molecule has 1 heterocycles. The van der Waals surface area contributed by atoms with Gasteiger partial charge in [-0.25, -0.2) is 8.42 Å². The Balaban J connectivity index is 2.40. The molecule has 2 rings (SSSR count). The van der Waals surface area contributed by atoms with Crippen molar-refractivity contribution in [3.05, 3.63) is 16.0 Å². The molecule has 0 amide bonds. The molecule has 1 aromatic rings. The number of anilines is 1. The van der Waals surface area contributed by atoms with Gasteiger partial charge in [-0.1, -0.05) is 6.42 Å². The van der Waals surface area contributed by atoms with Crippen LogP contribution in [0, 0.1) is 11.3 Å². The van der Waals surface area contributed by atoms with Crippen molar-refractivity contribution in [3.8, 4) is 6.07 Å². The highest BCUT2D eigenvalue weighted by atomic mass is 32.2. The van der Waals surface area contributed by atoms with Crippen LogP contribution in [-0.2, 0) is 22.9 Å². The minimum Gasteiger partial charge on any atom is -0.273 e. The monoisotopic (exact) mass is 298 g/mol. The maximum Gasteiger partial charge on any atom is 0.235 e. The predicted molar refractivity (Wildman–Crippen MR) is 78.0 cm³/mol. The van der Waals surface area contributed by atoms with Crippen molar-refractivity contribution < 1.29 is 8.42 Å². The number of thiophene rings is 1. The Kier molecular flexibility index (Phi) is 4.16. The summed E-state index contributed by atoms with van der Waals surface area (Å²) in [5.41, 5.74) is 1.59. The molecular weight excluding hydrogens is 280 g/mol. The first-order chi connectivity index (χ1) is 8.95. The molecule has 0 saturated heterocycles. The Morgan fingerprint density at radius 2 is 1.95 bits per heavy atom. The van der Waals surface area contributed by atoms with Gasteiger partial charge in [0.25, 0.3) is 0 Å². The number of nitrogens with one attached hydrogen (secondary N) is 1. The lowest BCUT2D eigenvalue weighted by Crippen LogP contribution is -2.22. The van der Waals surface area contributed by atoms with Crippen LogP contribution in [-0.4, -0.2) is 13.7 Å². The predicted octanol–water partition coefficient (Wildman–Crippen LogP) is 3.04. The maximum atomic E-state index is 11.9. The molecule has 4 nitrogen and oxygen atoms in total. The largest absolute Gasteiger partial charge is 0.273 e. The Bertz CT molecular complexity index is 609. The number of hydrogen-bond donors (Lipinski definition) is 1. The second-order valence-corrected chi connectivity index (χ2v) is 8.42. The zero-order valence-corrected chi connectivity index (χ0v) is 12.8. The van der Waals surface area contributed by atoms with Crippen LogP contribution in [0.1, 0.15) is 49.1 Å². The normalized spacial score (nSPS) is 15.7. The summed E-state index contributed by atoms with van der Waals surface area (Å²) in [6.45, 7) is 3.26. The molecule has 0 aliphatic heterocycles. The lowest BCUT2D eigenvalue weighted by atomic mass is 10.1. The van der Waals surface area contributed by atoms with E-state index in [4.69, 9.17) is 0 Å². The molecule has 0 atom stereocenters. The van der Waals surface area contributed by atoms with E-state index < -0.39 is 15.3 Å². The number of rotatable bonds is 3. The van der Waals surface area contributed by atoms with Gasteiger partial charge in [-0.15, -0.1) is 11.3 Å². The van der Waals surface area contributed by atoms with E-state index in [1.165, 1.54) is 22.6 Å². The van der Waals surface area contributed by atoms with Gasteiger partial charge in [0.2, 0.25) is 10.0 Å². The number of nitriles is 1. The number of aryl methyl sites for hydroxylation is 1. The first-order valence-electron chi connectivity index (χ1n) is 6.52. The summed E-state index contributed by atoms with van der Waals surface area (Å²) >= 11 is 1.43. The van der Waals surface area contributed by atoms with E-state index in [0.717, 1.165) is 31.2 Å². The molecule has 0 fully saturated rings. The molecule has 0 saturated carbocycles. The molecule has 19 heavy (non-hydrogen) atoms. The summed E-state index contributed by atoms with van der Waals surface area (Å²) in [6.07, 6.45) is 5.22. The first kappa shape index (κ1) is 14.4. The number of fused-ring (bicyclic) bond motifs is 1. The van der Waals surface area contributed by atoms with Crippen LogP contribution in [0.4, 0.5) is 5.00 Å². The minimum absolute atomic E-state index is 0.499. The van der Waals surface area contributed by atoms with Crippen LogP contribution < -0.4 is 4.72 Å². The average Bonchev–Trinajstić information content (AvgIpc) is 2.50. The molecule has 6 heteroatoms. The van der Waals surface area contributed by atoms with Crippen molar-refractivity contribution in [1.29, 1.82) is 5.26 Å². The highest BCUT2D eigenvalue weighted by Crippen LogP contribution is 2.37. The highest BCUT2D eigenvalue weighted by molar-refractivity contribution is 7.93. The second kappa shape index (κ2) is 5.51. The average molecular weight is 298 g/mol. The summed E-state index contributed by atoms with van der Waals surface area (Å²) in [5.74, 6) is 0. The Labute approximate surface area is 118 Å². The van der Waals surface area contributed by atoms with Gasteiger partial charge in [0.1, 0.15) is 11.1 Å². The summed E-state index contributed by atoms with van der Waals surface area (Å²) in [7, 11) is -3.38. The SMILES string of the molecule is CC(C)S(=O)(=O)Nc1sc2c(c1C#N)CCCCC2. The van der Waals surface area contributed by atoms with Gasteiger partial charge >= 0.3 is 0 Å². The molecule has 1 aromatic heterocycles. The maximum absolute atomic E-state index is 11.9. The third kappa shape index (κ3) is 2.93. The van der Waals surface area contributed by atoms with Gasteiger partial charge in [-0.2, -0.15) is 5.26 Å². The smallest absolute Gasteiger partial charge is 0.235 e. The van der Waals surface area contributed by atoms with Gasteiger partial charge in [-0.3, -0.25) is 4.72 Å². The van der Waals surface area contributed by atoms with Crippen molar-refractivity contribution >= 4 is 26.4 Å². The molecule has 1 aliphatic rings. The van der Waals surface area contributed by atoms with E-state index in [1.807, 2.05) is 0 Å². The molecular formula is C13H18N2O2S2. The molecule has 0 bridgehead atoms. The van der Waals surface area contributed by atoms with Crippen LogP contribution >= 0.6 is 11.3 Å². The van der Waals surface area contributed by atoms with Crippen LogP contribution in [0.3, 0.4) is 0 Å². The lowest BCUT2D eigenvalue weighted by molar-refractivity contribution is 0.593. The van der Waals surface area contributed by atoms with Gasteiger partial charge in [-0.05, 0) is 45.1 Å². The quantitative estimate of drug-likeness (QED) is 0.872. The van der Waals surface area contributed by atoms with E-state index in [9.17, 15) is 13.7 Å². The van der Waals surface area contributed by atoms with Gasteiger partial charge in [0.05, 0.1) is 10.8 Å². The fraction of sp³-hybridized carbons (Fsp3) is 0.615. The van der Waals surface area contributed by atoms with E-state index in [0.29, 0.717) is 10.6 Å². The van der Waals surface area contributed by atoms with Crippen LogP contribution in [0.5, 0.6) is 0 Å². The summed E-state index contributed by atoms with van der Waals surface area (Å²) in [4.78, 5) is 1.18. The fourth-order valence-corrected chi connectivity index (χ4v) is 4.38. The van der Waals surface area contributed by atoms with Crippen LogP contribution in [0.25, 0.3) is 0 Å². The number of hydrogen-bond acceptors (Lipinski definition) is 4. The summed E-state index contributed by atoms with van der Waals surface area (Å²) in [6, 6.07) is 2.18. The van der Waals surface area contributed by atoms with Gasteiger partial charge in [0.15, 0.2) is 0 Å². The topological polar surface area (TPSA) is 70.0 Å². The van der Waals surface area contributed by atoms with Crippen LogP contribution in [0.2, 0.25) is 0 Å². The molecule has 0 aromatic carbocycles. The lowest BCUT2D eigenvalue weighted by Gasteiger charge is -2.09.